The van der Waals surface area contributed by atoms with Crippen LogP contribution in [0.1, 0.15) is 67.2 Å². The lowest BCUT2D eigenvalue weighted by Gasteiger charge is -2.39. The molecule has 0 aromatic carbocycles. The number of aliphatic hydroxyl groups excluding tert-OH is 1. The maximum atomic E-state index is 8.88. The van der Waals surface area contributed by atoms with E-state index in [0.717, 1.165) is 31.3 Å². The highest BCUT2D eigenvalue weighted by Crippen LogP contribution is 2.38. The van der Waals surface area contributed by atoms with E-state index in [1.165, 1.54) is 11.1 Å². The molecule has 0 fully saturated rings. The SMILES string of the molecule is C=C(C)C(CC/C(C)=C/CC/C(C)=C/CO)O[Si](C)(C)C(C)(C)C. The van der Waals surface area contributed by atoms with Gasteiger partial charge in [-0.25, -0.2) is 0 Å². The van der Waals surface area contributed by atoms with Gasteiger partial charge in [0.1, 0.15) is 0 Å². The Morgan fingerprint density at radius 3 is 2.08 bits per heavy atom. The Morgan fingerprint density at radius 2 is 1.62 bits per heavy atom. The third-order valence-corrected chi connectivity index (χ3v) is 9.55. The standard InChI is InChI=1S/C21H40O2Si/c1-17(2)20(23-24(8,9)21(5,6)7)14-13-18(3)11-10-12-19(4)15-16-22/h11,15,20,22H,1,10,12-14,16H2,2-9H3/b18-11+,19-15+. The molecule has 0 aliphatic rings. The number of allylic oxidation sites excluding steroid dienone is 3. The smallest absolute Gasteiger partial charge is 0.192 e. The highest BCUT2D eigenvalue weighted by atomic mass is 28.4. The molecule has 0 spiro atoms. The molecule has 1 N–H and O–H groups in total. The molecule has 0 saturated heterocycles. The summed E-state index contributed by atoms with van der Waals surface area (Å²) in [6.45, 7) is 22.1. The van der Waals surface area contributed by atoms with Crippen molar-refractivity contribution in [1.82, 2.24) is 0 Å². The molecule has 0 aliphatic carbocycles. The molecule has 0 aromatic heterocycles. The average molecular weight is 353 g/mol. The Morgan fingerprint density at radius 1 is 1.08 bits per heavy atom. The zero-order valence-corrected chi connectivity index (χ0v) is 18.3. The minimum absolute atomic E-state index is 0.139. The van der Waals surface area contributed by atoms with Crippen LogP contribution in [0.4, 0.5) is 0 Å². The molecule has 2 nitrogen and oxygen atoms in total. The van der Waals surface area contributed by atoms with Gasteiger partial charge in [0.15, 0.2) is 8.32 Å². The molecule has 24 heavy (non-hydrogen) atoms. The van der Waals surface area contributed by atoms with Crippen molar-refractivity contribution in [1.29, 1.82) is 0 Å². The van der Waals surface area contributed by atoms with Crippen LogP contribution in [0.25, 0.3) is 0 Å². The van der Waals surface area contributed by atoms with Crippen LogP contribution in [0.2, 0.25) is 18.1 Å². The summed E-state index contributed by atoms with van der Waals surface area (Å²) >= 11 is 0. The highest BCUT2D eigenvalue weighted by Gasteiger charge is 2.39. The molecule has 0 aromatic rings. The Labute approximate surface area is 151 Å². The van der Waals surface area contributed by atoms with E-state index in [0.29, 0.717) is 0 Å². The zero-order chi connectivity index (χ0) is 19.0. The Kier molecular flexibility index (Phi) is 10.1. The highest BCUT2D eigenvalue weighted by molar-refractivity contribution is 6.74. The lowest BCUT2D eigenvalue weighted by atomic mass is 10.0. The van der Waals surface area contributed by atoms with Gasteiger partial charge in [0.05, 0.1) is 12.7 Å². The second-order valence-corrected chi connectivity index (χ2v) is 13.3. The van der Waals surface area contributed by atoms with Crippen molar-refractivity contribution in [2.45, 2.75) is 91.5 Å². The second-order valence-electron chi connectivity index (χ2n) is 8.57. The quantitative estimate of drug-likeness (QED) is 0.364. The summed E-state index contributed by atoms with van der Waals surface area (Å²) in [5.41, 5.74) is 3.80. The van der Waals surface area contributed by atoms with Crippen molar-refractivity contribution in [3.8, 4) is 0 Å². The summed E-state index contributed by atoms with van der Waals surface area (Å²) in [6, 6.07) is 0. The summed E-state index contributed by atoms with van der Waals surface area (Å²) in [6.07, 6.45) is 8.47. The minimum Gasteiger partial charge on any atom is -0.410 e. The van der Waals surface area contributed by atoms with Gasteiger partial charge in [-0.2, -0.15) is 0 Å². The first-order valence-electron chi connectivity index (χ1n) is 9.16. The van der Waals surface area contributed by atoms with E-state index >= 15 is 0 Å². The zero-order valence-electron chi connectivity index (χ0n) is 17.3. The molecule has 0 rings (SSSR count). The molecule has 0 amide bonds. The summed E-state index contributed by atoms with van der Waals surface area (Å²) < 4.78 is 6.56. The Balaban J connectivity index is 4.60. The van der Waals surface area contributed by atoms with E-state index in [9.17, 15) is 0 Å². The number of rotatable bonds is 10. The fourth-order valence-corrected chi connectivity index (χ4v) is 3.59. The molecule has 0 radical (unpaired) electrons. The van der Waals surface area contributed by atoms with Gasteiger partial charge in [-0.05, 0) is 64.6 Å². The van der Waals surface area contributed by atoms with E-state index in [1.54, 1.807) is 0 Å². The van der Waals surface area contributed by atoms with Gasteiger partial charge in [-0.15, -0.1) is 0 Å². The molecule has 0 bridgehead atoms. The van der Waals surface area contributed by atoms with Crippen molar-refractivity contribution in [3.05, 3.63) is 35.5 Å². The normalized spacial score (nSPS) is 15.5. The summed E-state index contributed by atoms with van der Waals surface area (Å²) in [4.78, 5) is 0. The van der Waals surface area contributed by atoms with E-state index in [-0.39, 0.29) is 17.7 Å². The van der Waals surface area contributed by atoms with Crippen LogP contribution in [0, 0.1) is 0 Å². The lowest BCUT2D eigenvalue weighted by Crippen LogP contribution is -2.44. The molecule has 0 aliphatic heterocycles. The van der Waals surface area contributed by atoms with Gasteiger partial charge in [0.2, 0.25) is 0 Å². The Hall–Kier alpha value is -0.643. The summed E-state index contributed by atoms with van der Waals surface area (Å²) in [5, 5.41) is 9.11. The van der Waals surface area contributed by atoms with Gasteiger partial charge in [-0.1, -0.05) is 56.2 Å². The average Bonchev–Trinajstić information content (AvgIpc) is 2.42. The second kappa shape index (κ2) is 10.4. The predicted molar refractivity (Wildman–Crippen MR) is 110 cm³/mol. The van der Waals surface area contributed by atoms with Crippen LogP contribution < -0.4 is 0 Å². The topological polar surface area (TPSA) is 29.5 Å². The van der Waals surface area contributed by atoms with Gasteiger partial charge < -0.3 is 9.53 Å². The molecule has 1 unspecified atom stereocenters. The first kappa shape index (κ1) is 23.4. The van der Waals surface area contributed by atoms with Gasteiger partial charge >= 0.3 is 0 Å². The first-order chi connectivity index (χ1) is 10.9. The monoisotopic (exact) mass is 352 g/mol. The van der Waals surface area contributed by atoms with Crippen molar-refractivity contribution < 1.29 is 9.53 Å². The molecule has 0 saturated carbocycles. The molecule has 0 heterocycles. The first-order valence-corrected chi connectivity index (χ1v) is 12.1. The number of hydrogen-bond donors (Lipinski definition) is 1. The van der Waals surface area contributed by atoms with Crippen LogP contribution in [0.3, 0.4) is 0 Å². The molecular formula is C21H40O2Si. The maximum absolute atomic E-state index is 8.88. The molecule has 1 atom stereocenters. The van der Waals surface area contributed by atoms with Crippen molar-refractivity contribution >= 4 is 8.32 Å². The predicted octanol–water partition coefficient (Wildman–Crippen LogP) is 6.40. The molecular weight excluding hydrogens is 312 g/mol. The van der Waals surface area contributed by atoms with E-state index in [2.05, 4.69) is 67.3 Å². The van der Waals surface area contributed by atoms with Crippen LogP contribution in [0.15, 0.2) is 35.5 Å². The number of hydrogen-bond acceptors (Lipinski definition) is 2. The number of aliphatic hydroxyl groups is 1. The van der Waals surface area contributed by atoms with Crippen LogP contribution in [-0.4, -0.2) is 26.1 Å². The van der Waals surface area contributed by atoms with Gasteiger partial charge in [0, 0.05) is 0 Å². The maximum Gasteiger partial charge on any atom is 0.192 e. The van der Waals surface area contributed by atoms with Crippen LogP contribution in [-0.2, 0) is 4.43 Å². The Bertz CT molecular complexity index is 453. The minimum atomic E-state index is -1.76. The van der Waals surface area contributed by atoms with Crippen LogP contribution in [0.5, 0.6) is 0 Å². The fraction of sp³-hybridized carbons (Fsp3) is 0.714. The van der Waals surface area contributed by atoms with Gasteiger partial charge in [-0.3, -0.25) is 0 Å². The largest absolute Gasteiger partial charge is 0.410 e. The third-order valence-electron chi connectivity index (χ3n) is 5.06. The fourth-order valence-electron chi connectivity index (χ4n) is 2.20. The van der Waals surface area contributed by atoms with E-state index in [4.69, 9.17) is 9.53 Å². The summed E-state index contributed by atoms with van der Waals surface area (Å²) in [7, 11) is -1.76. The summed E-state index contributed by atoms with van der Waals surface area (Å²) in [5.74, 6) is 0. The van der Waals surface area contributed by atoms with Crippen molar-refractivity contribution in [2.75, 3.05) is 6.61 Å². The molecule has 3 heteroatoms. The van der Waals surface area contributed by atoms with E-state index < -0.39 is 8.32 Å². The van der Waals surface area contributed by atoms with Crippen molar-refractivity contribution in [3.63, 3.8) is 0 Å². The molecule has 140 valence electrons. The van der Waals surface area contributed by atoms with Crippen LogP contribution >= 0.6 is 0 Å². The van der Waals surface area contributed by atoms with Gasteiger partial charge in [0.25, 0.3) is 0 Å². The van der Waals surface area contributed by atoms with E-state index in [1.807, 2.05) is 6.08 Å². The lowest BCUT2D eigenvalue weighted by molar-refractivity contribution is 0.204. The third kappa shape index (κ3) is 9.00. The van der Waals surface area contributed by atoms with Crippen molar-refractivity contribution in [2.24, 2.45) is 0 Å².